The van der Waals surface area contributed by atoms with Crippen LogP contribution in [-0.4, -0.2) is 116 Å². The van der Waals surface area contributed by atoms with Crippen molar-refractivity contribution in [3.05, 3.63) is 70.5 Å². The van der Waals surface area contributed by atoms with E-state index in [9.17, 15) is 24.3 Å². The second kappa shape index (κ2) is 17.5. The van der Waals surface area contributed by atoms with Crippen molar-refractivity contribution in [3.63, 3.8) is 0 Å². The fourth-order valence-electron chi connectivity index (χ4n) is 9.38. The first kappa shape index (κ1) is 43.5. The molecule has 4 aromatic rings. The van der Waals surface area contributed by atoms with Crippen molar-refractivity contribution < 1.29 is 38.5 Å². The Balaban J connectivity index is 0.965. The van der Waals surface area contributed by atoms with Crippen molar-refractivity contribution in [3.8, 4) is 33.6 Å². The number of piperidine rings is 1. The van der Waals surface area contributed by atoms with Crippen LogP contribution in [0.1, 0.15) is 83.0 Å². The van der Waals surface area contributed by atoms with Gasteiger partial charge in [0.2, 0.25) is 11.8 Å². The number of hydrogen-bond acceptors (Lipinski definition) is 10. The van der Waals surface area contributed by atoms with Crippen molar-refractivity contribution in [2.24, 2.45) is 11.8 Å². The van der Waals surface area contributed by atoms with Crippen LogP contribution in [0.15, 0.2) is 48.5 Å². The summed E-state index contributed by atoms with van der Waals surface area (Å²) in [5.41, 5.74) is 3.27. The normalized spacial score (nSPS) is 23.4. The molecular weight excluding hydrogens is 839 g/mol. The van der Waals surface area contributed by atoms with Gasteiger partial charge in [0.25, 0.3) is 0 Å². The number of alkyl carbamates (subject to hydrolysis) is 2. The molecule has 0 bridgehead atoms. The number of aliphatic hydroxyl groups is 1. The van der Waals surface area contributed by atoms with Gasteiger partial charge in [0.1, 0.15) is 23.7 Å². The molecule has 8 rings (SSSR count). The highest BCUT2D eigenvalue weighted by Crippen LogP contribution is 2.54. The Kier molecular flexibility index (Phi) is 12.3. The lowest BCUT2D eigenvalue weighted by Crippen LogP contribution is -2.59. The van der Waals surface area contributed by atoms with Crippen LogP contribution in [0.4, 0.5) is 9.59 Å². The van der Waals surface area contributed by atoms with Gasteiger partial charge in [0, 0.05) is 36.4 Å². The SMILES string of the molecule is COC(=O)N[C@H](C(=O)N1[C@H](C)CC[C@H]1c1nc(Cl)c(-c2ccc(-c3ccc(-c4[nH]c([C@@H]5C[C@H]6C[C@H]6N5C(=O)[C@@H](NC(=O)OC)C(C)(C)O)nc4Cl)cc3)cc2)[nH]1)C1CCOCC1. The van der Waals surface area contributed by atoms with Gasteiger partial charge in [-0.2, -0.15) is 0 Å². The summed E-state index contributed by atoms with van der Waals surface area (Å²) in [5.74, 6) is 0.755. The van der Waals surface area contributed by atoms with E-state index in [2.05, 4.69) is 25.6 Å². The number of amides is 4. The molecule has 7 atom stereocenters. The molecule has 3 aliphatic heterocycles. The number of aromatic amines is 2. The number of benzene rings is 2. The average Bonchev–Trinajstić information content (AvgIpc) is 3.57. The molecule has 0 spiro atoms. The van der Waals surface area contributed by atoms with Crippen LogP contribution < -0.4 is 10.6 Å². The van der Waals surface area contributed by atoms with Gasteiger partial charge in [0.05, 0.1) is 43.3 Å². The zero-order valence-electron chi connectivity index (χ0n) is 35.2. The summed E-state index contributed by atoms with van der Waals surface area (Å²) in [7, 11) is 2.49. The largest absolute Gasteiger partial charge is 0.453 e. The lowest BCUT2D eigenvalue weighted by Gasteiger charge is -2.36. The van der Waals surface area contributed by atoms with Gasteiger partial charge in [-0.05, 0) is 82.3 Å². The van der Waals surface area contributed by atoms with Crippen LogP contribution in [0.5, 0.6) is 0 Å². The highest BCUT2D eigenvalue weighted by molar-refractivity contribution is 6.32. The Morgan fingerprint density at radius 1 is 0.758 bits per heavy atom. The predicted molar refractivity (Wildman–Crippen MR) is 230 cm³/mol. The van der Waals surface area contributed by atoms with E-state index in [-0.39, 0.29) is 35.1 Å². The Bertz CT molecular complexity index is 2310. The first-order chi connectivity index (χ1) is 29.7. The van der Waals surface area contributed by atoms with Crippen molar-refractivity contribution >= 4 is 47.2 Å². The van der Waals surface area contributed by atoms with Crippen molar-refractivity contribution in [1.82, 2.24) is 40.4 Å². The Hall–Kier alpha value is -5.16. The first-order valence-corrected chi connectivity index (χ1v) is 21.8. The quantitative estimate of drug-likeness (QED) is 0.107. The third-order valence-electron chi connectivity index (χ3n) is 12.8. The molecule has 18 heteroatoms. The lowest BCUT2D eigenvalue weighted by molar-refractivity contribution is -0.141. The minimum atomic E-state index is -1.55. The van der Waals surface area contributed by atoms with E-state index in [0.29, 0.717) is 73.0 Å². The minimum Gasteiger partial charge on any atom is -0.453 e. The number of nitrogens with zero attached hydrogens (tertiary/aromatic N) is 4. The Labute approximate surface area is 369 Å². The number of likely N-dealkylation sites (tertiary alicyclic amines) is 2. The van der Waals surface area contributed by atoms with Crippen LogP contribution in [-0.2, 0) is 23.8 Å². The Morgan fingerprint density at radius 2 is 1.27 bits per heavy atom. The highest BCUT2D eigenvalue weighted by Gasteiger charge is 2.57. The van der Waals surface area contributed by atoms with E-state index in [1.54, 1.807) is 4.90 Å². The predicted octanol–water partition coefficient (Wildman–Crippen LogP) is 6.80. The number of ether oxygens (including phenoxy) is 3. The lowest BCUT2D eigenvalue weighted by atomic mass is 9.90. The molecular formula is C44H52Cl2N8O8. The topological polar surface area (TPSA) is 204 Å². The number of imidazole rings is 2. The maximum absolute atomic E-state index is 14.2. The molecule has 4 amide bonds. The van der Waals surface area contributed by atoms with Crippen LogP contribution in [0.2, 0.25) is 10.3 Å². The fraction of sp³-hybridized carbons (Fsp3) is 0.500. The van der Waals surface area contributed by atoms with E-state index >= 15 is 0 Å². The third kappa shape index (κ3) is 8.61. The summed E-state index contributed by atoms with van der Waals surface area (Å²) in [6, 6.07) is 13.0. The number of methoxy groups -OCH3 is 2. The molecule has 1 saturated carbocycles. The number of hydrogen-bond donors (Lipinski definition) is 5. The molecule has 0 unspecified atom stereocenters. The number of rotatable bonds is 11. The molecule has 330 valence electrons. The molecule has 62 heavy (non-hydrogen) atoms. The Morgan fingerprint density at radius 3 is 1.81 bits per heavy atom. The maximum Gasteiger partial charge on any atom is 0.407 e. The second-order valence-electron chi connectivity index (χ2n) is 17.3. The minimum absolute atomic E-state index is 0.0168. The molecule has 16 nitrogen and oxygen atoms in total. The first-order valence-electron chi connectivity index (χ1n) is 21.0. The van der Waals surface area contributed by atoms with Gasteiger partial charge in [0.15, 0.2) is 10.3 Å². The van der Waals surface area contributed by atoms with Crippen LogP contribution in [0.25, 0.3) is 33.6 Å². The number of halogens is 2. The molecule has 5 N–H and O–H groups in total. The van der Waals surface area contributed by atoms with Gasteiger partial charge >= 0.3 is 12.2 Å². The zero-order valence-corrected chi connectivity index (χ0v) is 36.8. The molecule has 0 radical (unpaired) electrons. The molecule has 1 aliphatic carbocycles. The van der Waals surface area contributed by atoms with Crippen molar-refractivity contribution in [2.75, 3.05) is 27.4 Å². The van der Waals surface area contributed by atoms with E-state index in [4.69, 9.17) is 42.4 Å². The van der Waals surface area contributed by atoms with Crippen LogP contribution in [0.3, 0.4) is 0 Å². The van der Waals surface area contributed by atoms with E-state index in [0.717, 1.165) is 35.1 Å². The molecule has 3 saturated heterocycles. The third-order valence-corrected chi connectivity index (χ3v) is 13.4. The van der Waals surface area contributed by atoms with Gasteiger partial charge < -0.3 is 49.7 Å². The summed E-state index contributed by atoms with van der Waals surface area (Å²) >= 11 is 13.5. The molecule has 4 aliphatic rings. The monoisotopic (exact) mass is 890 g/mol. The summed E-state index contributed by atoms with van der Waals surface area (Å²) in [4.78, 5) is 72.3. The van der Waals surface area contributed by atoms with Crippen molar-refractivity contribution in [1.29, 1.82) is 0 Å². The second-order valence-corrected chi connectivity index (χ2v) is 18.0. The summed E-state index contributed by atoms with van der Waals surface area (Å²) in [5, 5.41) is 16.7. The summed E-state index contributed by atoms with van der Waals surface area (Å²) in [6.45, 7) is 6.01. The zero-order chi connectivity index (χ0) is 44.0. The molecule has 2 aromatic carbocycles. The van der Waals surface area contributed by atoms with Gasteiger partial charge in [-0.3, -0.25) is 9.59 Å². The van der Waals surface area contributed by atoms with Gasteiger partial charge in [-0.25, -0.2) is 19.6 Å². The smallest absolute Gasteiger partial charge is 0.407 e. The molecule has 2 aromatic heterocycles. The van der Waals surface area contributed by atoms with Crippen molar-refractivity contribution in [2.45, 2.75) is 101 Å². The maximum atomic E-state index is 14.2. The van der Waals surface area contributed by atoms with Gasteiger partial charge in [-0.15, -0.1) is 0 Å². The molecule has 5 heterocycles. The van der Waals surface area contributed by atoms with Gasteiger partial charge in [-0.1, -0.05) is 71.7 Å². The number of aromatic nitrogens is 4. The fourth-order valence-corrected chi connectivity index (χ4v) is 9.87. The van der Waals surface area contributed by atoms with Crippen LogP contribution in [0, 0.1) is 11.8 Å². The molecule has 4 fully saturated rings. The number of H-pyrrole nitrogens is 2. The van der Waals surface area contributed by atoms with E-state index in [1.807, 2.05) is 60.4 Å². The van der Waals surface area contributed by atoms with E-state index in [1.165, 1.54) is 28.1 Å². The number of carbonyl (C=O) groups excluding carboxylic acids is 4. The average molecular weight is 892 g/mol. The number of fused-ring (bicyclic) bond motifs is 1. The summed E-state index contributed by atoms with van der Waals surface area (Å²) in [6.07, 6.45) is 2.84. The highest BCUT2D eigenvalue weighted by atomic mass is 35.5. The summed E-state index contributed by atoms with van der Waals surface area (Å²) < 4.78 is 15.1. The number of carbonyl (C=O) groups is 4. The number of nitrogens with one attached hydrogen (secondary N) is 4. The van der Waals surface area contributed by atoms with Crippen LogP contribution >= 0.6 is 23.2 Å². The standard InChI is InChI=1S/C44H52Cl2N8O8/c1-22-6-15-29(53(22)40(55)34(49-42(57)60-4)27-16-18-62-19-17-27)38-47-32(36(45)51-38)25-11-7-23(8-12-25)24-9-13-26(14-10-24)33-37(46)52-39(48-33)31-21-28-20-30(28)54(31)41(56)35(44(2,3)59)50-43(58)61-5/h7-14,22,27-31,34-35,59H,6,15-21H2,1-5H3,(H,47,51)(H,48,52)(H,49,57)(H,50,58)/t22-,28-,29+,30-,31+,34+,35-/m1/s1. The van der Waals surface area contributed by atoms with E-state index < -0.39 is 41.8 Å².